The molecule has 210 valence electrons. The van der Waals surface area contributed by atoms with Gasteiger partial charge in [-0.05, 0) is 42.0 Å². The number of nitrogens with one attached hydrogen (secondary N) is 1. The lowest BCUT2D eigenvalue weighted by molar-refractivity contribution is 0.0951. The minimum atomic E-state index is -0.387. The molecule has 0 aliphatic carbocycles. The lowest BCUT2D eigenvalue weighted by atomic mass is 10.2. The first kappa shape index (κ1) is 26.5. The van der Waals surface area contributed by atoms with Gasteiger partial charge in [-0.2, -0.15) is 9.97 Å². The zero-order valence-electron chi connectivity index (χ0n) is 22.5. The number of benzene rings is 2. The first-order valence-corrected chi connectivity index (χ1v) is 13.6. The van der Waals surface area contributed by atoms with E-state index in [0.29, 0.717) is 36.1 Å². The van der Waals surface area contributed by atoms with Gasteiger partial charge in [-0.15, -0.1) is 0 Å². The monoisotopic (exact) mass is 552 g/mol. The van der Waals surface area contributed by atoms with Crippen molar-refractivity contribution in [1.82, 2.24) is 24.5 Å². The van der Waals surface area contributed by atoms with Crippen molar-refractivity contribution in [3.05, 3.63) is 91.0 Å². The molecule has 0 unspecified atom stereocenters. The van der Waals surface area contributed by atoms with Crippen LogP contribution in [0.3, 0.4) is 0 Å². The zero-order valence-corrected chi connectivity index (χ0v) is 22.5. The number of aromatic hydroxyl groups is 1. The van der Waals surface area contributed by atoms with E-state index in [1.54, 1.807) is 30.9 Å². The Bertz CT molecular complexity index is 1560. The second kappa shape index (κ2) is 12.2. The Balaban J connectivity index is 1.25. The van der Waals surface area contributed by atoms with Gasteiger partial charge in [-0.25, -0.2) is 4.98 Å². The number of anilines is 3. The largest absolute Gasteiger partial charge is 0.508 e. The molecule has 0 amide bonds. The van der Waals surface area contributed by atoms with Crippen LogP contribution in [0.2, 0.25) is 0 Å². The average Bonchev–Trinajstić information content (AvgIpc) is 3.46. The number of aromatic nitrogens is 5. The number of rotatable bonds is 10. The summed E-state index contributed by atoms with van der Waals surface area (Å²) in [4.78, 5) is 23.1. The average molecular weight is 553 g/mol. The van der Waals surface area contributed by atoms with Gasteiger partial charge in [-0.1, -0.05) is 30.3 Å². The molecule has 4 heterocycles. The van der Waals surface area contributed by atoms with Gasteiger partial charge in [0.2, 0.25) is 5.95 Å². The first-order chi connectivity index (χ1) is 20.2. The van der Waals surface area contributed by atoms with Crippen molar-refractivity contribution < 1.29 is 14.9 Å². The quantitative estimate of drug-likeness (QED) is 0.238. The number of ether oxygens (including phenoxy) is 1. The van der Waals surface area contributed by atoms with Crippen LogP contribution in [0.25, 0.3) is 16.9 Å². The van der Waals surface area contributed by atoms with E-state index in [1.807, 2.05) is 59.2 Å². The summed E-state index contributed by atoms with van der Waals surface area (Å²) in [6.45, 7) is 3.62. The van der Waals surface area contributed by atoms with Crippen molar-refractivity contribution in [2.45, 2.75) is 12.6 Å². The summed E-state index contributed by atoms with van der Waals surface area (Å²) in [5, 5.41) is 23.2. The standard InChI is InChI=1S/C30H32N8O3/c39-18-23(20-41-19-22-4-2-1-3-5-22)33-28-27-29(38(21-32-27)25-10-12-31-13-11-25)35-30(34-28)37-16-14-36(15-17-37)24-6-8-26(40)9-7-24/h1-13,21,23,39-40H,14-20H2,(H,33,34,35)/t23-/m0/s1. The van der Waals surface area contributed by atoms with Crippen LogP contribution in [-0.4, -0.2) is 80.2 Å². The third kappa shape index (κ3) is 6.06. The molecule has 0 radical (unpaired) electrons. The molecule has 0 spiro atoms. The lowest BCUT2D eigenvalue weighted by Crippen LogP contribution is -2.47. The van der Waals surface area contributed by atoms with Gasteiger partial charge in [0, 0.05) is 44.3 Å². The fourth-order valence-corrected chi connectivity index (χ4v) is 4.88. The Morgan fingerprint density at radius 1 is 0.854 bits per heavy atom. The predicted molar refractivity (Wildman–Crippen MR) is 158 cm³/mol. The molecule has 5 aromatic rings. The summed E-state index contributed by atoms with van der Waals surface area (Å²) in [5.74, 6) is 1.38. The third-order valence-corrected chi connectivity index (χ3v) is 7.09. The Morgan fingerprint density at radius 2 is 1.59 bits per heavy atom. The number of imidazole rings is 1. The number of aliphatic hydroxyl groups excluding tert-OH is 1. The van der Waals surface area contributed by atoms with Gasteiger partial charge < -0.3 is 30.1 Å². The summed E-state index contributed by atoms with van der Waals surface area (Å²) in [6, 6.07) is 20.6. The summed E-state index contributed by atoms with van der Waals surface area (Å²) >= 11 is 0. The minimum Gasteiger partial charge on any atom is -0.508 e. The lowest BCUT2D eigenvalue weighted by Gasteiger charge is -2.36. The number of fused-ring (bicyclic) bond motifs is 1. The molecule has 41 heavy (non-hydrogen) atoms. The number of phenols is 1. The van der Waals surface area contributed by atoms with Crippen LogP contribution in [0.5, 0.6) is 5.75 Å². The molecule has 3 N–H and O–H groups in total. The first-order valence-electron chi connectivity index (χ1n) is 13.6. The SMILES string of the molecule is OC[C@@H](COCc1ccccc1)Nc1nc(N2CCN(c3ccc(O)cc3)CC2)nc2c1ncn2-c1ccncc1. The number of hydrogen-bond donors (Lipinski definition) is 3. The number of hydrogen-bond acceptors (Lipinski definition) is 10. The van der Waals surface area contributed by atoms with Gasteiger partial charge >= 0.3 is 0 Å². The molecule has 2 aromatic carbocycles. The highest BCUT2D eigenvalue weighted by molar-refractivity contribution is 5.85. The van der Waals surface area contributed by atoms with Crippen molar-refractivity contribution in [3.8, 4) is 11.4 Å². The molecule has 3 aromatic heterocycles. The molecular weight excluding hydrogens is 520 g/mol. The molecule has 6 rings (SSSR count). The number of nitrogens with zero attached hydrogens (tertiary/aromatic N) is 7. The number of aliphatic hydroxyl groups is 1. The van der Waals surface area contributed by atoms with E-state index in [1.165, 1.54) is 0 Å². The molecule has 11 nitrogen and oxygen atoms in total. The molecule has 1 fully saturated rings. The van der Waals surface area contributed by atoms with E-state index in [2.05, 4.69) is 25.1 Å². The Morgan fingerprint density at radius 3 is 2.32 bits per heavy atom. The van der Waals surface area contributed by atoms with Crippen LogP contribution in [0, 0.1) is 0 Å². The van der Waals surface area contributed by atoms with Gasteiger partial charge in [0.15, 0.2) is 17.0 Å². The molecule has 0 bridgehead atoms. The maximum absolute atomic E-state index is 10.2. The Kier molecular flexibility index (Phi) is 7.88. The number of phenolic OH excluding ortho intramolecular Hbond substituents is 1. The maximum Gasteiger partial charge on any atom is 0.229 e. The maximum atomic E-state index is 10.2. The minimum absolute atomic E-state index is 0.133. The van der Waals surface area contributed by atoms with E-state index in [-0.39, 0.29) is 18.4 Å². The summed E-state index contributed by atoms with van der Waals surface area (Å²) in [6.07, 6.45) is 5.19. The van der Waals surface area contributed by atoms with Crippen LogP contribution < -0.4 is 15.1 Å². The predicted octanol–water partition coefficient (Wildman–Crippen LogP) is 3.23. The fourth-order valence-electron chi connectivity index (χ4n) is 4.88. The van der Waals surface area contributed by atoms with Crippen molar-refractivity contribution in [2.24, 2.45) is 0 Å². The zero-order chi connectivity index (χ0) is 28.0. The van der Waals surface area contributed by atoms with Crippen LogP contribution in [-0.2, 0) is 11.3 Å². The van der Waals surface area contributed by atoms with Crippen LogP contribution in [0.4, 0.5) is 17.5 Å². The highest BCUT2D eigenvalue weighted by Gasteiger charge is 2.23. The normalized spacial score (nSPS) is 14.4. The van der Waals surface area contributed by atoms with Crippen molar-refractivity contribution in [1.29, 1.82) is 0 Å². The Labute approximate surface area is 237 Å². The topological polar surface area (TPSA) is 125 Å². The second-order valence-corrected chi connectivity index (χ2v) is 9.88. The Hall–Kier alpha value is -4.74. The highest BCUT2D eigenvalue weighted by Crippen LogP contribution is 2.27. The summed E-state index contributed by atoms with van der Waals surface area (Å²) < 4.78 is 7.83. The number of piperazine rings is 1. The van der Waals surface area contributed by atoms with E-state index >= 15 is 0 Å². The summed E-state index contributed by atoms with van der Waals surface area (Å²) in [7, 11) is 0. The van der Waals surface area contributed by atoms with Crippen LogP contribution in [0.1, 0.15) is 5.56 Å². The molecular formula is C30H32N8O3. The summed E-state index contributed by atoms with van der Waals surface area (Å²) in [5.41, 5.74) is 4.29. The highest BCUT2D eigenvalue weighted by atomic mass is 16.5. The van der Waals surface area contributed by atoms with Gasteiger partial charge in [-0.3, -0.25) is 9.55 Å². The number of pyridine rings is 1. The van der Waals surface area contributed by atoms with Crippen LogP contribution in [0.15, 0.2) is 85.5 Å². The van der Waals surface area contributed by atoms with Crippen molar-refractivity contribution in [2.75, 3.05) is 54.5 Å². The van der Waals surface area contributed by atoms with E-state index in [4.69, 9.17) is 14.7 Å². The molecule has 1 atom stereocenters. The van der Waals surface area contributed by atoms with Gasteiger partial charge in [0.1, 0.15) is 12.1 Å². The van der Waals surface area contributed by atoms with Crippen molar-refractivity contribution >= 4 is 28.6 Å². The van der Waals surface area contributed by atoms with E-state index in [9.17, 15) is 10.2 Å². The molecule has 1 aliphatic heterocycles. The molecule has 1 aliphatic rings. The smallest absolute Gasteiger partial charge is 0.229 e. The molecule has 1 saturated heterocycles. The fraction of sp³-hybridized carbons (Fsp3) is 0.267. The molecule has 11 heteroatoms. The van der Waals surface area contributed by atoms with Gasteiger partial charge in [0.25, 0.3) is 0 Å². The third-order valence-electron chi connectivity index (χ3n) is 7.09. The van der Waals surface area contributed by atoms with E-state index in [0.717, 1.165) is 43.1 Å². The van der Waals surface area contributed by atoms with Gasteiger partial charge in [0.05, 0.1) is 31.5 Å². The second-order valence-electron chi connectivity index (χ2n) is 9.88. The van der Waals surface area contributed by atoms with E-state index < -0.39 is 0 Å². The molecule has 0 saturated carbocycles. The van der Waals surface area contributed by atoms with Crippen molar-refractivity contribution in [3.63, 3.8) is 0 Å². The van der Waals surface area contributed by atoms with Crippen LogP contribution >= 0.6 is 0 Å².